The molecule has 2 aromatic rings. The first kappa shape index (κ1) is 15.6. The zero-order valence-electron chi connectivity index (χ0n) is 13.8. The van der Waals surface area contributed by atoms with Crippen molar-refractivity contribution in [1.29, 1.82) is 0 Å². The van der Waals surface area contributed by atoms with Crippen molar-refractivity contribution in [2.45, 2.75) is 44.3 Å². The van der Waals surface area contributed by atoms with Gasteiger partial charge in [0.05, 0.1) is 11.7 Å². The van der Waals surface area contributed by atoms with E-state index in [9.17, 15) is 9.90 Å². The van der Waals surface area contributed by atoms with Gasteiger partial charge in [-0.1, -0.05) is 0 Å². The fourth-order valence-corrected chi connectivity index (χ4v) is 3.83. The van der Waals surface area contributed by atoms with E-state index in [1.54, 1.807) is 19.1 Å². The third-order valence-electron chi connectivity index (χ3n) is 5.26. The van der Waals surface area contributed by atoms with E-state index in [0.29, 0.717) is 49.6 Å². The number of aryl methyl sites for hydroxylation is 1. The largest absolute Gasteiger partial charge is 0.441 e. The minimum Gasteiger partial charge on any atom is -0.441 e. The molecule has 1 amide bonds. The summed E-state index contributed by atoms with van der Waals surface area (Å²) >= 11 is 0. The molecule has 1 spiro atoms. The molecule has 128 valence electrons. The third kappa shape index (κ3) is 2.59. The quantitative estimate of drug-likeness (QED) is 0.868. The van der Waals surface area contributed by atoms with E-state index in [2.05, 4.69) is 4.98 Å². The van der Waals surface area contributed by atoms with Crippen LogP contribution in [-0.2, 0) is 4.74 Å². The van der Waals surface area contributed by atoms with Crippen molar-refractivity contribution in [1.82, 2.24) is 9.88 Å². The van der Waals surface area contributed by atoms with Crippen LogP contribution < -0.4 is 0 Å². The molecule has 1 unspecified atom stereocenters. The second-order valence-corrected chi connectivity index (χ2v) is 6.78. The number of carbonyl (C=O) groups is 1. The average Bonchev–Trinajstić information content (AvgIpc) is 2.97. The number of aliphatic hydroxyl groups excluding tert-OH is 1. The Bertz CT molecular complexity index is 761. The standard InChI is InChI=1S/C18H22N2O4/c1-12-19-14-5-4-13(11-15(14)24-12)17(22)20-8-6-18(7-9-20)16(21)3-2-10-23-18/h4-5,11,16,21H,2-3,6-10H2,1H3. The van der Waals surface area contributed by atoms with Crippen molar-refractivity contribution in [3.63, 3.8) is 0 Å². The molecular weight excluding hydrogens is 308 g/mol. The molecule has 6 heteroatoms. The molecule has 1 aromatic carbocycles. The maximum atomic E-state index is 12.8. The van der Waals surface area contributed by atoms with Gasteiger partial charge in [0.2, 0.25) is 0 Å². The number of rotatable bonds is 1. The summed E-state index contributed by atoms with van der Waals surface area (Å²) < 4.78 is 11.4. The monoisotopic (exact) mass is 330 g/mol. The Kier molecular flexibility index (Phi) is 3.81. The van der Waals surface area contributed by atoms with Gasteiger partial charge in [0.1, 0.15) is 5.52 Å². The number of aliphatic hydroxyl groups is 1. The summed E-state index contributed by atoms with van der Waals surface area (Å²) in [6.45, 7) is 3.69. The molecule has 1 atom stereocenters. The van der Waals surface area contributed by atoms with E-state index in [4.69, 9.17) is 9.15 Å². The number of carbonyl (C=O) groups excluding carboxylic acids is 1. The van der Waals surface area contributed by atoms with Crippen molar-refractivity contribution in [2.75, 3.05) is 19.7 Å². The SMILES string of the molecule is Cc1nc2ccc(C(=O)N3CCC4(CC3)OCCCC4O)cc2o1. The minimum atomic E-state index is -0.457. The van der Waals surface area contributed by atoms with Crippen LogP contribution in [0.3, 0.4) is 0 Å². The molecule has 2 fully saturated rings. The van der Waals surface area contributed by atoms with Gasteiger partial charge in [0.25, 0.3) is 5.91 Å². The lowest BCUT2D eigenvalue weighted by atomic mass is 9.82. The van der Waals surface area contributed by atoms with Crippen LogP contribution in [0.1, 0.15) is 41.9 Å². The lowest BCUT2D eigenvalue weighted by Gasteiger charge is -2.46. The van der Waals surface area contributed by atoms with Crippen LogP contribution >= 0.6 is 0 Å². The summed E-state index contributed by atoms with van der Waals surface area (Å²) in [7, 11) is 0. The number of amides is 1. The van der Waals surface area contributed by atoms with E-state index in [1.165, 1.54) is 0 Å². The molecule has 2 aliphatic heterocycles. The Balaban J connectivity index is 1.49. The minimum absolute atomic E-state index is 0.00824. The number of hydrogen-bond donors (Lipinski definition) is 1. The number of oxazole rings is 1. The highest BCUT2D eigenvalue weighted by molar-refractivity contribution is 5.97. The van der Waals surface area contributed by atoms with Gasteiger partial charge in [0.15, 0.2) is 11.5 Å². The summed E-state index contributed by atoms with van der Waals surface area (Å²) in [4.78, 5) is 18.9. The van der Waals surface area contributed by atoms with Gasteiger partial charge < -0.3 is 19.2 Å². The molecule has 0 aliphatic carbocycles. The van der Waals surface area contributed by atoms with Crippen LogP contribution in [0, 0.1) is 6.92 Å². The lowest BCUT2D eigenvalue weighted by Crippen LogP contribution is -2.56. The Morgan fingerprint density at radius 1 is 1.38 bits per heavy atom. The summed E-state index contributed by atoms with van der Waals surface area (Å²) in [6, 6.07) is 5.37. The first-order valence-corrected chi connectivity index (χ1v) is 8.56. The van der Waals surface area contributed by atoms with Gasteiger partial charge in [-0.15, -0.1) is 0 Å². The molecule has 24 heavy (non-hydrogen) atoms. The van der Waals surface area contributed by atoms with Crippen LogP contribution in [0.15, 0.2) is 22.6 Å². The van der Waals surface area contributed by atoms with Gasteiger partial charge in [-0.3, -0.25) is 4.79 Å². The predicted octanol–water partition coefficient (Wildman–Crippen LogP) is 2.28. The van der Waals surface area contributed by atoms with E-state index in [0.717, 1.165) is 18.4 Å². The Morgan fingerprint density at radius 3 is 2.92 bits per heavy atom. The number of piperidine rings is 1. The van der Waals surface area contributed by atoms with E-state index in [-0.39, 0.29) is 5.91 Å². The fraction of sp³-hybridized carbons (Fsp3) is 0.556. The molecule has 3 heterocycles. The normalized spacial score (nSPS) is 23.8. The highest BCUT2D eigenvalue weighted by Crippen LogP contribution is 2.35. The molecule has 2 saturated heterocycles. The fourth-order valence-electron chi connectivity index (χ4n) is 3.83. The first-order chi connectivity index (χ1) is 11.6. The molecule has 6 nitrogen and oxygen atoms in total. The molecule has 1 N–H and O–H groups in total. The number of hydrogen-bond acceptors (Lipinski definition) is 5. The summed E-state index contributed by atoms with van der Waals surface area (Å²) in [5, 5.41) is 10.3. The zero-order valence-corrected chi connectivity index (χ0v) is 13.8. The van der Waals surface area contributed by atoms with Crippen LogP contribution in [0.25, 0.3) is 11.1 Å². The number of ether oxygens (including phenoxy) is 1. The van der Waals surface area contributed by atoms with Gasteiger partial charge in [-0.2, -0.15) is 0 Å². The van der Waals surface area contributed by atoms with Crippen molar-refractivity contribution < 1.29 is 19.1 Å². The molecular formula is C18H22N2O4. The zero-order chi connectivity index (χ0) is 16.7. The number of benzene rings is 1. The van der Waals surface area contributed by atoms with Crippen molar-refractivity contribution in [3.8, 4) is 0 Å². The topological polar surface area (TPSA) is 75.8 Å². The molecule has 0 bridgehead atoms. The highest BCUT2D eigenvalue weighted by Gasteiger charge is 2.44. The van der Waals surface area contributed by atoms with Crippen LogP contribution in [-0.4, -0.2) is 52.3 Å². The summed E-state index contributed by atoms with van der Waals surface area (Å²) in [5.74, 6) is 0.587. The smallest absolute Gasteiger partial charge is 0.253 e. The summed E-state index contributed by atoms with van der Waals surface area (Å²) in [6.07, 6.45) is 2.64. The molecule has 0 saturated carbocycles. The second kappa shape index (κ2) is 5.86. The number of likely N-dealkylation sites (tertiary alicyclic amines) is 1. The Hall–Kier alpha value is -1.92. The van der Waals surface area contributed by atoms with Gasteiger partial charge >= 0.3 is 0 Å². The van der Waals surface area contributed by atoms with Crippen molar-refractivity contribution >= 4 is 17.0 Å². The number of nitrogens with zero attached hydrogens (tertiary/aromatic N) is 2. The Morgan fingerprint density at radius 2 is 2.17 bits per heavy atom. The lowest BCUT2D eigenvalue weighted by molar-refractivity contribution is -0.174. The van der Waals surface area contributed by atoms with Crippen molar-refractivity contribution in [3.05, 3.63) is 29.7 Å². The molecule has 0 radical (unpaired) electrons. The third-order valence-corrected chi connectivity index (χ3v) is 5.26. The molecule has 4 rings (SSSR count). The van der Waals surface area contributed by atoms with Gasteiger partial charge in [-0.25, -0.2) is 4.98 Å². The second-order valence-electron chi connectivity index (χ2n) is 6.78. The number of aromatic nitrogens is 1. The van der Waals surface area contributed by atoms with Gasteiger partial charge in [0, 0.05) is 32.2 Å². The summed E-state index contributed by atoms with van der Waals surface area (Å²) in [5.41, 5.74) is 1.55. The average molecular weight is 330 g/mol. The Labute approximate surface area is 140 Å². The number of fused-ring (bicyclic) bond motifs is 1. The molecule has 2 aliphatic rings. The van der Waals surface area contributed by atoms with E-state index in [1.807, 2.05) is 11.0 Å². The maximum absolute atomic E-state index is 12.8. The van der Waals surface area contributed by atoms with Crippen molar-refractivity contribution in [2.24, 2.45) is 0 Å². The maximum Gasteiger partial charge on any atom is 0.253 e. The van der Waals surface area contributed by atoms with Crippen LogP contribution in [0.4, 0.5) is 0 Å². The van der Waals surface area contributed by atoms with Gasteiger partial charge in [-0.05, 0) is 43.9 Å². The van der Waals surface area contributed by atoms with E-state index < -0.39 is 11.7 Å². The highest BCUT2D eigenvalue weighted by atomic mass is 16.5. The van der Waals surface area contributed by atoms with Crippen LogP contribution in [0.5, 0.6) is 0 Å². The predicted molar refractivity (Wildman–Crippen MR) is 87.8 cm³/mol. The molecule has 1 aromatic heterocycles. The first-order valence-electron chi connectivity index (χ1n) is 8.56. The van der Waals surface area contributed by atoms with E-state index >= 15 is 0 Å². The van der Waals surface area contributed by atoms with Crippen LogP contribution in [0.2, 0.25) is 0 Å².